The Bertz CT molecular complexity index is 1120. The average Bonchev–Trinajstić information content (AvgIpc) is 2.89. The molecule has 0 aliphatic carbocycles. The molecular formula is C32H54N6O7. The number of carboxylic acids is 1. The first kappa shape index (κ1) is 39.2. The number of benzene rings is 1. The van der Waals surface area contributed by atoms with Gasteiger partial charge in [0.05, 0.1) is 0 Å². The molecule has 7 N–H and O–H groups in total. The minimum Gasteiger partial charge on any atom is -0.480 e. The number of amides is 5. The van der Waals surface area contributed by atoms with Gasteiger partial charge in [0.1, 0.15) is 23.7 Å². The number of alkyl carbamates (subject to hydrolysis) is 1. The van der Waals surface area contributed by atoms with Gasteiger partial charge >= 0.3 is 18.1 Å². The van der Waals surface area contributed by atoms with Gasteiger partial charge in [-0.3, -0.25) is 19.3 Å². The number of nitrogens with zero attached hydrogens (tertiary/aromatic N) is 1. The molecule has 0 radical (unpaired) electrons. The molecule has 13 heteroatoms. The number of urea groups is 1. The van der Waals surface area contributed by atoms with E-state index in [2.05, 4.69) is 21.3 Å². The molecule has 0 bridgehead atoms. The lowest BCUT2D eigenvalue weighted by Gasteiger charge is -2.27. The van der Waals surface area contributed by atoms with E-state index in [-0.39, 0.29) is 18.3 Å². The lowest BCUT2D eigenvalue weighted by molar-refractivity contribution is -0.144. The van der Waals surface area contributed by atoms with Crippen LogP contribution in [0.1, 0.15) is 79.7 Å². The highest BCUT2D eigenvalue weighted by molar-refractivity contribution is 5.98. The number of primary amides is 1. The van der Waals surface area contributed by atoms with Crippen LogP contribution in [0.5, 0.6) is 0 Å². The molecule has 0 saturated heterocycles. The van der Waals surface area contributed by atoms with Gasteiger partial charge in [-0.25, -0.2) is 9.59 Å². The first-order chi connectivity index (χ1) is 20.9. The van der Waals surface area contributed by atoms with Crippen molar-refractivity contribution in [2.24, 2.45) is 17.6 Å². The van der Waals surface area contributed by atoms with Crippen molar-refractivity contribution in [2.75, 3.05) is 25.5 Å². The topological polar surface area (TPSA) is 192 Å². The molecule has 0 unspecified atom stereocenters. The molecular weight excluding hydrogens is 580 g/mol. The van der Waals surface area contributed by atoms with Crippen LogP contribution in [0.3, 0.4) is 0 Å². The highest BCUT2D eigenvalue weighted by Crippen LogP contribution is 2.15. The third kappa shape index (κ3) is 16.1. The van der Waals surface area contributed by atoms with Crippen molar-refractivity contribution in [2.45, 2.75) is 104 Å². The smallest absolute Gasteiger partial charge is 0.408 e. The van der Waals surface area contributed by atoms with Crippen molar-refractivity contribution in [3.8, 4) is 0 Å². The van der Waals surface area contributed by atoms with Gasteiger partial charge < -0.3 is 36.8 Å². The first-order valence-corrected chi connectivity index (χ1v) is 15.6. The number of nitrogens with one attached hydrogen (secondary N) is 4. The second kappa shape index (κ2) is 18.8. The molecule has 0 spiro atoms. The van der Waals surface area contributed by atoms with Gasteiger partial charge in [0.25, 0.3) is 0 Å². The fourth-order valence-corrected chi connectivity index (χ4v) is 4.79. The lowest BCUT2D eigenvalue weighted by Crippen LogP contribution is -2.53. The van der Waals surface area contributed by atoms with Crippen LogP contribution in [0.4, 0.5) is 15.3 Å². The van der Waals surface area contributed by atoms with Crippen molar-refractivity contribution in [1.29, 1.82) is 0 Å². The zero-order valence-corrected chi connectivity index (χ0v) is 28.1. The number of carbonyl (C=O) groups excluding carboxylic acids is 4. The normalized spacial score (nSPS) is 13.6. The summed E-state index contributed by atoms with van der Waals surface area (Å²) in [5.74, 6) is -1.76. The summed E-state index contributed by atoms with van der Waals surface area (Å²) in [6.07, 6.45) is 1.56. The van der Waals surface area contributed by atoms with Gasteiger partial charge in [0, 0.05) is 18.8 Å². The zero-order chi connectivity index (χ0) is 34.3. The fourth-order valence-electron chi connectivity index (χ4n) is 4.79. The van der Waals surface area contributed by atoms with E-state index in [1.54, 1.807) is 40.0 Å². The van der Waals surface area contributed by atoms with E-state index in [0.29, 0.717) is 44.5 Å². The summed E-state index contributed by atoms with van der Waals surface area (Å²) in [6, 6.07) is 4.18. The molecule has 1 aromatic rings. The molecule has 0 fully saturated rings. The fraction of sp³-hybridized carbons (Fsp3) is 0.656. The van der Waals surface area contributed by atoms with Crippen molar-refractivity contribution >= 4 is 35.6 Å². The minimum absolute atomic E-state index is 0.0355. The summed E-state index contributed by atoms with van der Waals surface area (Å²) in [5.41, 5.74) is 5.89. The van der Waals surface area contributed by atoms with E-state index in [9.17, 15) is 29.1 Å². The van der Waals surface area contributed by atoms with Gasteiger partial charge in [-0.15, -0.1) is 0 Å². The van der Waals surface area contributed by atoms with E-state index >= 15 is 0 Å². The minimum atomic E-state index is -0.918. The predicted octanol–water partition coefficient (Wildman–Crippen LogP) is 3.47. The SMILES string of the molecule is CC(C)C[C@H](NC(=O)OC(C)(C)C)C(=O)N[C@@H](CCCCNC(N)=O)C(=O)Nc1ccc(CCN(C)[C@H](C(=O)O)C(C)C)cc1. The van der Waals surface area contributed by atoms with E-state index in [1.807, 2.05) is 44.7 Å². The zero-order valence-electron chi connectivity index (χ0n) is 28.1. The molecule has 0 aromatic heterocycles. The highest BCUT2D eigenvalue weighted by atomic mass is 16.6. The number of carbonyl (C=O) groups is 5. The van der Waals surface area contributed by atoms with Gasteiger partial charge in [-0.2, -0.15) is 0 Å². The second-order valence-corrected chi connectivity index (χ2v) is 13.1. The Morgan fingerprint density at radius 3 is 2.07 bits per heavy atom. The number of unbranched alkanes of at least 4 members (excludes halogenated alkanes) is 1. The van der Waals surface area contributed by atoms with Crippen molar-refractivity contribution in [3.63, 3.8) is 0 Å². The van der Waals surface area contributed by atoms with Crippen LogP contribution in [-0.2, 0) is 25.5 Å². The average molecular weight is 635 g/mol. The van der Waals surface area contributed by atoms with Crippen molar-refractivity contribution in [1.82, 2.24) is 20.9 Å². The van der Waals surface area contributed by atoms with Gasteiger partial charge in [0.2, 0.25) is 11.8 Å². The number of anilines is 1. The number of rotatable bonds is 18. The van der Waals surface area contributed by atoms with Crippen molar-refractivity contribution < 1.29 is 33.8 Å². The van der Waals surface area contributed by atoms with Crippen LogP contribution in [0.15, 0.2) is 24.3 Å². The van der Waals surface area contributed by atoms with Crippen LogP contribution in [0.2, 0.25) is 0 Å². The third-order valence-electron chi connectivity index (χ3n) is 6.90. The maximum absolute atomic E-state index is 13.4. The molecule has 3 atom stereocenters. The molecule has 5 amide bonds. The van der Waals surface area contributed by atoms with Crippen LogP contribution in [-0.4, -0.2) is 83.8 Å². The second-order valence-electron chi connectivity index (χ2n) is 13.1. The Morgan fingerprint density at radius 1 is 0.933 bits per heavy atom. The summed E-state index contributed by atoms with van der Waals surface area (Å²) >= 11 is 0. The standard InChI is InChI=1S/C32H54N6O7/c1-20(2)19-25(37-31(44)45-32(5,6)7)28(40)36-24(11-9-10-17-34-30(33)43)27(39)35-23-14-12-22(13-15-23)16-18-38(8)26(21(3)4)29(41)42/h12-15,20-21,24-26H,9-11,16-19H2,1-8H3,(H,35,39)(H,36,40)(H,37,44)(H,41,42)(H3,33,34,43)/t24-,25-,26-/m0/s1. The maximum atomic E-state index is 13.4. The molecule has 0 heterocycles. The molecule has 45 heavy (non-hydrogen) atoms. The van der Waals surface area contributed by atoms with Gasteiger partial charge in [0.15, 0.2) is 0 Å². The number of hydrogen-bond donors (Lipinski definition) is 6. The van der Waals surface area contributed by atoms with Crippen molar-refractivity contribution in [3.05, 3.63) is 29.8 Å². The number of nitrogens with two attached hydrogens (primary N) is 1. The summed E-state index contributed by atoms with van der Waals surface area (Å²) in [6.45, 7) is 13.7. The Hall–Kier alpha value is -3.87. The van der Waals surface area contributed by atoms with Crippen LogP contribution in [0.25, 0.3) is 0 Å². The summed E-state index contributed by atoms with van der Waals surface area (Å²) < 4.78 is 5.33. The van der Waals surface area contributed by atoms with E-state index in [1.165, 1.54) is 0 Å². The van der Waals surface area contributed by atoms with E-state index in [0.717, 1.165) is 5.56 Å². The van der Waals surface area contributed by atoms with Gasteiger partial charge in [-0.1, -0.05) is 39.8 Å². The third-order valence-corrected chi connectivity index (χ3v) is 6.90. The quantitative estimate of drug-likeness (QED) is 0.132. The van der Waals surface area contributed by atoms with E-state index < -0.39 is 53.6 Å². The highest BCUT2D eigenvalue weighted by Gasteiger charge is 2.29. The molecule has 0 saturated carbocycles. The number of carboxylic acid groups (broad SMARTS) is 1. The predicted molar refractivity (Wildman–Crippen MR) is 174 cm³/mol. The first-order valence-electron chi connectivity index (χ1n) is 15.6. The van der Waals surface area contributed by atoms with Gasteiger partial charge in [-0.05, 0) is 89.5 Å². The molecule has 0 aliphatic rings. The molecule has 13 nitrogen and oxygen atoms in total. The largest absolute Gasteiger partial charge is 0.480 e. The number of aliphatic carboxylic acids is 1. The van der Waals surface area contributed by atoms with Crippen LogP contribution >= 0.6 is 0 Å². The maximum Gasteiger partial charge on any atom is 0.408 e. The molecule has 0 aliphatic heterocycles. The molecule has 1 rings (SSSR count). The summed E-state index contributed by atoms with van der Waals surface area (Å²) in [5, 5.41) is 20.3. The molecule has 254 valence electrons. The molecule has 1 aromatic carbocycles. The van der Waals surface area contributed by atoms with E-state index in [4.69, 9.17) is 10.5 Å². The number of hydrogen-bond acceptors (Lipinski definition) is 7. The number of likely N-dealkylation sites (N-methyl/N-ethyl adjacent to an activating group) is 1. The Labute approximate surface area is 267 Å². The monoisotopic (exact) mass is 634 g/mol. The number of ether oxygens (including phenoxy) is 1. The summed E-state index contributed by atoms with van der Waals surface area (Å²) in [7, 11) is 1.79. The Kier molecular flexibility index (Phi) is 16.4. The Morgan fingerprint density at radius 2 is 1.56 bits per heavy atom. The lowest BCUT2D eigenvalue weighted by atomic mass is 10.0. The Balaban J connectivity index is 2.98. The van der Waals surface area contributed by atoms with Crippen LogP contribution < -0.4 is 27.0 Å². The summed E-state index contributed by atoms with van der Waals surface area (Å²) in [4.78, 5) is 63.6. The van der Waals surface area contributed by atoms with Crippen LogP contribution in [0, 0.1) is 11.8 Å².